The van der Waals surface area contributed by atoms with E-state index in [2.05, 4.69) is 16.0 Å². The summed E-state index contributed by atoms with van der Waals surface area (Å²) in [6.45, 7) is 2.59. The van der Waals surface area contributed by atoms with E-state index in [9.17, 15) is 9.59 Å². The second-order valence-corrected chi connectivity index (χ2v) is 6.55. The molecule has 2 amide bonds. The Bertz CT molecular complexity index is 747. The smallest absolute Gasteiger partial charge is 0.251 e. The maximum Gasteiger partial charge on any atom is 0.251 e. The highest BCUT2D eigenvalue weighted by atomic mass is 35.5. The first-order valence-corrected chi connectivity index (χ1v) is 9.24. The molecule has 0 radical (unpaired) electrons. The second-order valence-electron chi connectivity index (χ2n) is 6.55. The lowest BCUT2D eigenvalue weighted by Crippen LogP contribution is -2.43. The first-order chi connectivity index (χ1) is 13.2. The van der Waals surface area contributed by atoms with Gasteiger partial charge in [0, 0.05) is 36.8 Å². The molecule has 2 aromatic rings. The fourth-order valence-corrected chi connectivity index (χ4v) is 2.96. The van der Waals surface area contributed by atoms with Crippen molar-refractivity contribution in [1.29, 1.82) is 0 Å². The molecule has 0 spiro atoms. The van der Waals surface area contributed by atoms with E-state index in [0.29, 0.717) is 37.4 Å². The molecule has 1 heterocycles. The van der Waals surface area contributed by atoms with Gasteiger partial charge in [0.1, 0.15) is 0 Å². The van der Waals surface area contributed by atoms with Crippen LogP contribution in [0.1, 0.15) is 22.3 Å². The summed E-state index contributed by atoms with van der Waals surface area (Å²) in [5, 5.41) is 9.02. The van der Waals surface area contributed by atoms with Gasteiger partial charge in [-0.1, -0.05) is 30.3 Å². The number of nitrogens with one attached hydrogen (secondary N) is 3. The van der Waals surface area contributed by atoms with E-state index in [1.165, 1.54) is 5.56 Å². The number of morpholine rings is 1. The Morgan fingerprint density at radius 2 is 1.82 bits per heavy atom. The number of ether oxygens (including phenoxy) is 1. The highest BCUT2D eigenvalue weighted by molar-refractivity contribution is 5.95. The van der Waals surface area contributed by atoms with Crippen molar-refractivity contribution >= 4 is 29.9 Å². The maximum atomic E-state index is 12.2. The Labute approximate surface area is 171 Å². The van der Waals surface area contributed by atoms with Gasteiger partial charge in [-0.3, -0.25) is 9.59 Å². The van der Waals surface area contributed by atoms with Crippen LogP contribution in [0.15, 0.2) is 54.6 Å². The molecule has 7 heteroatoms. The van der Waals surface area contributed by atoms with E-state index in [1.807, 2.05) is 30.3 Å². The third-order valence-electron chi connectivity index (χ3n) is 4.40. The predicted molar refractivity (Wildman–Crippen MR) is 112 cm³/mol. The molecule has 1 aliphatic heterocycles. The summed E-state index contributed by atoms with van der Waals surface area (Å²) in [6, 6.07) is 17.0. The van der Waals surface area contributed by atoms with Crippen molar-refractivity contribution < 1.29 is 14.3 Å². The molecular weight excluding hydrogens is 378 g/mol. The quantitative estimate of drug-likeness (QED) is 0.663. The normalized spacial score (nSPS) is 15.9. The van der Waals surface area contributed by atoms with Gasteiger partial charge in [-0.05, 0) is 36.2 Å². The molecular formula is C21H26ClN3O3. The van der Waals surface area contributed by atoms with Gasteiger partial charge >= 0.3 is 0 Å². The van der Waals surface area contributed by atoms with E-state index in [1.54, 1.807) is 24.3 Å². The molecule has 1 unspecified atom stereocenters. The van der Waals surface area contributed by atoms with Gasteiger partial charge in [0.15, 0.2) is 0 Å². The van der Waals surface area contributed by atoms with Crippen molar-refractivity contribution in [2.75, 3.05) is 31.6 Å². The molecule has 3 N–H and O–H groups in total. The minimum atomic E-state index is -0.118. The highest BCUT2D eigenvalue weighted by Gasteiger charge is 2.17. The Balaban J connectivity index is 0.00000280. The maximum absolute atomic E-state index is 12.2. The van der Waals surface area contributed by atoms with Gasteiger partial charge < -0.3 is 20.7 Å². The predicted octanol–water partition coefficient (Wildman–Crippen LogP) is 2.40. The standard InChI is InChI=1S/C21H25N3O3.ClH/c25-20(14-19-15-27-13-12-22-19)24-18-8-6-17(7-9-18)21(26)23-11-10-16-4-2-1-3-5-16;/h1-9,19,22H,10-15H2,(H,23,26)(H,24,25);1H. The Hall–Kier alpha value is -2.41. The second kappa shape index (κ2) is 11.4. The van der Waals surface area contributed by atoms with Gasteiger partial charge in [0.25, 0.3) is 5.91 Å². The summed E-state index contributed by atoms with van der Waals surface area (Å²) < 4.78 is 5.35. The Morgan fingerprint density at radius 3 is 2.50 bits per heavy atom. The molecule has 0 bridgehead atoms. The third-order valence-corrected chi connectivity index (χ3v) is 4.40. The average molecular weight is 404 g/mol. The van der Waals surface area contributed by atoms with Gasteiger partial charge in [0.05, 0.1) is 13.2 Å². The molecule has 0 aliphatic carbocycles. The van der Waals surface area contributed by atoms with Crippen molar-refractivity contribution in [3.05, 3.63) is 65.7 Å². The Kier molecular flexibility index (Phi) is 8.94. The minimum Gasteiger partial charge on any atom is -0.378 e. The summed E-state index contributed by atoms with van der Waals surface area (Å²) in [7, 11) is 0. The molecule has 28 heavy (non-hydrogen) atoms. The summed E-state index contributed by atoms with van der Waals surface area (Å²) >= 11 is 0. The number of anilines is 1. The number of carbonyl (C=O) groups is 2. The van der Waals surface area contributed by atoms with Crippen LogP contribution in [-0.4, -0.2) is 44.2 Å². The minimum absolute atomic E-state index is 0. The zero-order valence-electron chi connectivity index (χ0n) is 15.6. The van der Waals surface area contributed by atoms with E-state index in [0.717, 1.165) is 13.0 Å². The zero-order valence-corrected chi connectivity index (χ0v) is 16.5. The first-order valence-electron chi connectivity index (χ1n) is 9.24. The summed E-state index contributed by atoms with van der Waals surface area (Å²) in [6.07, 6.45) is 1.15. The molecule has 1 atom stereocenters. The number of amides is 2. The molecule has 1 aliphatic rings. The van der Waals surface area contributed by atoms with Gasteiger partial charge in [-0.15, -0.1) is 12.4 Å². The Morgan fingerprint density at radius 1 is 1.07 bits per heavy atom. The zero-order chi connectivity index (χ0) is 18.9. The number of hydrogen-bond acceptors (Lipinski definition) is 4. The first kappa shape index (κ1) is 21.9. The lowest BCUT2D eigenvalue weighted by Gasteiger charge is -2.23. The number of hydrogen-bond donors (Lipinski definition) is 3. The van der Waals surface area contributed by atoms with E-state index >= 15 is 0 Å². The molecule has 0 aromatic heterocycles. The van der Waals surface area contributed by atoms with Crippen LogP contribution in [0.3, 0.4) is 0 Å². The van der Waals surface area contributed by atoms with Gasteiger partial charge in [-0.25, -0.2) is 0 Å². The monoisotopic (exact) mass is 403 g/mol. The molecule has 1 fully saturated rings. The number of rotatable bonds is 7. The number of benzene rings is 2. The fourth-order valence-electron chi connectivity index (χ4n) is 2.96. The number of carbonyl (C=O) groups excluding carboxylic acids is 2. The van der Waals surface area contributed by atoms with Crippen LogP contribution < -0.4 is 16.0 Å². The van der Waals surface area contributed by atoms with E-state index < -0.39 is 0 Å². The average Bonchev–Trinajstić information content (AvgIpc) is 2.70. The molecule has 1 saturated heterocycles. The van der Waals surface area contributed by atoms with E-state index in [4.69, 9.17) is 4.74 Å². The van der Waals surface area contributed by atoms with Crippen LogP contribution >= 0.6 is 12.4 Å². The SMILES string of the molecule is Cl.O=C(CC1COCCN1)Nc1ccc(C(=O)NCCc2ccccc2)cc1. The van der Waals surface area contributed by atoms with Crippen LogP contribution in [-0.2, 0) is 16.0 Å². The molecule has 150 valence electrons. The lowest BCUT2D eigenvalue weighted by atomic mass is 10.1. The van der Waals surface area contributed by atoms with Crippen LogP contribution in [0.4, 0.5) is 5.69 Å². The van der Waals surface area contributed by atoms with Crippen LogP contribution in [0.5, 0.6) is 0 Å². The van der Waals surface area contributed by atoms with Gasteiger partial charge in [0.2, 0.25) is 5.91 Å². The van der Waals surface area contributed by atoms with Crippen LogP contribution in [0.25, 0.3) is 0 Å². The van der Waals surface area contributed by atoms with Crippen molar-refractivity contribution in [2.24, 2.45) is 0 Å². The summed E-state index contributed by atoms with van der Waals surface area (Å²) in [4.78, 5) is 24.3. The molecule has 6 nitrogen and oxygen atoms in total. The van der Waals surface area contributed by atoms with E-state index in [-0.39, 0.29) is 30.3 Å². The van der Waals surface area contributed by atoms with Crippen molar-refractivity contribution in [2.45, 2.75) is 18.9 Å². The lowest BCUT2D eigenvalue weighted by molar-refractivity contribution is -0.117. The van der Waals surface area contributed by atoms with Gasteiger partial charge in [-0.2, -0.15) is 0 Å². The third kappa shape index (κ3) is 6.96. The summed E-state index contributed by atoms with van der Waals surface area (Å²) in [5.41, 5.74) is 2.44. The fraction of sp³-hybridized carbons (Fsp3) is 0.333. The molecule has 2 aromatic carbocycles. The van der Waals surface area contributed by atoms with Crippen molar-refractivity contribution in [1.82, 2.24) is 10.6 Å². The summed E-state index contributed by atoms with van der Waals surface area (Å²) in [5.74, 6) is -0.189. The highest BCUT2D eigenvalue weighted by Crippen LogP contribution is 2.11. The largest absolute Gasteiger partial charge is 0.378 e. The topological polar surface area (TPSA) is 79.5 Å². The molecule has 3 rings (SSSR count). The van der Waals surface area contributed by atoms with Crippen LogP contribution in [0.2, 0.25) is 0 Å². The van der Waals surface area contributed by atoms with Crippen molar-refractivity contribution in [3.8, 4) is 0 Å². The number of halogens is 1. The molecule has 0 saturated carbocycles. The van der Waals surface area contributed by atoms with Crippen LogP contribution in [0, 0.1) is 0 Å². The van der Waals surface area contributed by atoms with Crippen molar-refractivity contribution in [3.63, 3.8) is 0 Å².